The van der Waals surface area contributed by atoms with Gasteiger partial charge in [-0.1, -0.05) is 24.3 Å². The molecule has 1 N–H and O–H groups in total. The fourth-order valence-corrected chi connectivity index (χ4v) is 2.15. The van der Waals surface area contributed by atoms with Crippen LogP contribution < -0.4 is 0 Å². The average molecular weight is 281 g/mol. The van der Waals surface area contributed by atoms with E-state index in [1.54, 1.807) is 13.0 Å². The Balaban J connectivity index is 2.51. The van der Waals surface area contributed by atoms with Gasteiger partial charge in [0.05, 0.1) is 11.3 Å². The van der Waals surface area contributed by atoms with Gasteiger partial charge >= 0.3 is 6.18 Å². The molecule has 0 amide bonds. The number of benzene rings is 1. The predicted octanol–water partition coefficient (Wildman–Crippen LogP) is 3.80. The molecule has 106 valence electrons. The summed E-state index contributed by atoms with van der Waals surface area (Å²) in [7, 11) is 0. The standard InChI is InChI=1S/C15H14F3NO/c1-9-7-10(2)13(19-8-9)14(20)11-5-3-4-6-12(11)15(16,17)18/h3-8,14,20H,1-2H3. The first kappa shape index (κ1) is 14.5. The van der Waals surface area contributed by atoms with Crippen molar-refractivity contribution in [2.75, 3.05) is 0 Å². The normalized spacial score (nSPS) is 13.3. The summed E-state index contributed by atoms with van der Waals surface area (Å²) in [5.41, 5.74) is 0.776. The number of aryl methyl sites for hydroxylation is 2. The first-order valence-corrected chi connectivity index (χ1v) is 6.08. The predicted molar refractivity (Wildman–Crippen MR) is 69.2 cm³/mol. The van der Waals surface area contributed by atoms with Crippen molar-refractivity contribution in [1.82, 2.24) is 4.98 Å². The van der Waals surface area contributed by atoms with Gasteiger partial charge in [0.2, 0.25) is 0 Å². The molecule has 1 heterocycles. The van der Waals surface area contributed by atoms with Crippen molar-refractivity contribution < 1.29 is 18.3 Å². The summed E-state index contributed by atoms with van der Waals surface area (Å²) in [6, 6.07) is 6.78. The Hall–Kier alpha value is -1.88. The lowest BCUT2D eigenvalue weighted by Crippen LogP contribution is -2.14. The average Bonchev–Trinajstić information content (AvgIpc) is 2.37. The van der Waals surface area contributed by atoms with Gasteiger partial charge in [0.25, 0.3) is 0 Å². The maximum absolute atomic E-state index is 13.0. The maximum atomic E-state index is 13.0. The van der Waals surface area contributed by atoms with Gasteiger partial charge in [-0.25, -0.2) is 0 Å². The third kappa shape index (κ3) is 2.82. The molecule has 0 aliphatic heterocycles. The van der Waals surface area contributed by atoms with Gasteiger partial charge in [-0.2, -0.15) is 13.2 Å². The molecule has 5 heteroatoms. The van der Waals surface area contributed by atoms with Crippen LogP contribution in [-0.2, 0) is 6.18 Å². The van der Waals surface area contributed by atoms with Crippen LogP contribution in [0.3, 0.4) is 0 Å². The van der Waals surface area contributed by atoms with E-state index in [1.807, 2.05) is 6.92 Å². The number of hydrogen-bond donors (Lipinski definition) is 1. The number of alkyl halides is 3. The Morgan fingerprint density at radius 3 is 2.40 bits per heavy atom. The summed E-state index contributed by atoms with van der Waals surface area (Å²) >= 11 is 0. The number of aliphatic hydroxyl groups is 1. The molecule has 0 aliphatic rings. The van der Waals surface area contributed by atoms with Crippen molar-refractivity contribution in [3.8, 4) is 0 Å². The van der Waals surface area contributed by atoms with E-state index in [-0.39, 0.29) is 11.3 Å². The summed E-state index contributed by atoms with van der Waals surface area (Å²) < 4.78 is 38.9. The van der Waals surface area contributed by atoms with Crippen molar-refractivity contribution in [3.05, 3.63) is 64.5 Å². The third-order valence-corrected chi connectivity index (χ3v) is 3.08. The number of halogens is 3. The summed E-state index contributed by atoms with van der Waals surface area (Å²) in [5.74, 6) is 0. The second kappa shape index (κ2) is 5.25. The quantitative estimate of drug-likeness (QED) is 0.908. The number of hydrogen-bond acceptors (Lipinski definition) is 2. The van der Waals surface area contributed by atoms with E-state index in [4.69, 9.17) is 0 Å². The molecule has 1 aromatic heterocycles. The van der Waals surface area contributed by atoms with Gasteiger partial charge in [0.15, 0.2) is 0 Å². The molecule has 0 saturated carbocycles. The van der Waals surface area contributed by atoms with Crippen LogP contribution in [0.25, 0.3) is 0 Å². The highest BCUT2D eigenvalue weighted by Crippen LogP contribution is 2.36. The zero-order valence-electron chi connectivity index (χ0n) is 11.1. The van der Waals surface area contributed by atoms with E-state index in [0.717, 1.165) is 11.6 Å². The monoisotopic (exact) mass is 281 g/mol. The summed E-state index contributed by atoms with van der Waals surface area (Å²) in [4.78, 5) is 4.06. The minimum atomic E-state index is -4.50. The van der Waals surface area contributed by atoms with Crippen molar-refractivity contribution >= 4 is 0 Å². The highest BCUT2D eigenvalue weighted by Gasteiger charge is 2.35. The van der Waals surface area contributed by atoms with Crippen LogP contribution in [-0.4, -0.2) is 10.1 Å². The van der Waals surface area contributed by atoms with E-state index in [2.05, 4.69) is 4.98 Å². The van der Waals surface area contributed by atoms with Crippen LogP contribution in [0.5, 0.6) is 0 Å². The zero-order chi connectivity index (χ0) is 14.9. The Morgan fingerprint density at radius 2 is 1.80 bits per heavy atom. The molecule has 20 heavy (non-hydrogen) atoms. The minimum Gasteiger partial charge on any atom is -0.382 e. The molecule has 0 saturated heterocycles. The van der Waals surface area contributed by atoms with Crippen LogP contribution in [0.15, 0.2) is 36.5 Å². The largest absolute Gasteiger partial charge is 0.416 e. The summed E-state index contributed by atoms with van der Waals surface area (Å²) in [6.07, 6.45) is -4.37. The van der Waals surface area contributed by atoms with Gasteiger partial charge in [0, 0.05) is 6.20 Å². The number of aliphatic hydroxyl groups excluding tert-OH is 1. The van der Waals surface area contributed by atoms with Gasteiger partial charge in [-0.15, -0.1) is 0 Å². The molecule has 0 radical (unpaired) electrons. The second-order valence-corrected chi connectivity index (χ2v) is 4.70. The van der Waals surface area contributed by atoms with Gasteiger partial charge in [-0.3, -0.25) is 4.98 Å². The van der Waals surface area contributed by atoms with Crippen molar-refractivity contribution in [2.24, 2.45) is 0 Å². The summed E-state index contributed by atoms with van der Waals surface area (Å²) in [5, 5.41) is 10.2. The smallest absolute Gasteiger partial charge is 0.382 e. The molecule has 0 bridgehead atoms. The molecule has 1 aromatic carbocycles. The molecule has 0 aliphatic carbocycles. The number of pyridine rings is 1. The van der Waals surface area contributed by atoms with E-state index in [9.17, 15) is 18.3 Å². The van der Waals surface area contributed by atoms with Crippen LogP contribution in [0, 0.1) is 13.8 Å². The van der Waals surface area contributed by atoms with Gasteiger partial charge in [-0.05, 0) is 36.6 Å². The first-order valence-electron chi connectivity index (χ1n) is 6.08. The van der Waals surface area contributed by atoms with Gasteiger partial charge in [0.1, 0.15) is 6.10 Å². The molecule has 2 rings (SSSR count). The molecule has 0 spiro atoms. The van der Waals surface area contributed by atoms with Gasteiger partial charge < -0.3 is 5.11 Å². The van der Waals surface area contributed by atoms with Crippen molar-refractivity contribution in [3.63, 3.8) is 0 Å². The second-order valence-electron chi connectivity index (χ2n) is 4.70. The SMILES string of the molecule is Cc1cnc(C(O)c2ccccc2C(F)(F)F)c(C)c1. The summed E-state index contributed by atoms with van der Waals surface area (Å²) in [6.45, 7) is 3.55. The molecule has 2 nitrogen and oxygen atoms in total. The zero-order valence-corrected chi connectivity index (χ0v) is 11.1. The van der Waals surface area contributed by atoms with E-state index < -0.39 is 17.8 Å². The molecular weight excluding hydrogens is 267 g/mol. The lowest BCUT2D eigenvalue weighted by molar-refractivity contribution is -0.139. The minimum absolute atomic E-state index is 0.181. The van der Waals surface area contributed by atoms with Crippen LogP contribution in [0.4, 0.5) is 13.2 Å². The lowest BCUT2D eigenvalue weighted by Gasteiger charge is -2.18. The van der Waals surface area contributed by atoms with Crippen LogP contribution >= 0.6 is 0 Å². The molecule has 1 unspecified atom stereocenters. The van der Waals surface area contributed by atoms with E-state index in [1.165, 1.54) is 24.4 Å². The third-order valence-electron chi connectivity index (χ3n) is 3.08. The lowest BCUT2D eigenvalue weighted by atomic mass is 9.97. The molecule has 2 aromatic rings. The molecule has 1 atom stereocenters. The number of rotatable bonds is 2. The Morgan fingerprint density at radius 1 is 1.15 bits per heavy atom. The van der Waals surface area contributed by atoms with Crippen LogP contribution in [0.2, 0.25) is 0 Å². The van der Waals surface area contributed by atoms with E-state index >= 15 is 0 Å². The maximum Gasteiger partial charge on any atom is 0.416 e. The van der Waals surface area contributed by atoms with E-state index in [0.29, 0.717) is 5.56 Å². The number of nitrogens with zero attached hydrogens (tertiary/aromatic N) is 1. The van der Waals surface area contributed by atoms with Crippen molar-refractivity contribution in [1.29, 1.82) is 0 Å². The fraction of sp³-hybridized carbons (Fsp3) is 0.267. The highest BCUT2D eigenvalue weighted by atomic mass is 19.4. The number of aromatic nitrogens is 1. The van der Waals surface area contributed by atoms with Crippen LogP contribution in [0.1, 0.15) is 34.1 Å². The Labute approximate surface area is 114 Å². The van der Waals surface area contributed by atoms with Crippen molar-refractivity contribution in [2.45, 2.75) is 26.1 Å². The first-order chi connectivity index (χ1) is 9.30. The fourth-order valence-electron chi connectivity index (χ4n) is 2.15. The highest BCUT2D eigenvalue weighted by molar-refractivity contribution is 5.38. The topological polar surface area (TPSA) is 33.1 Å². The Kier molecular flexibility index (Phi) is 3.81. The molecule has 0 fully saturated rings. The molecular formula is C15H14F3NO. The Bertz CT molecular complexity index is 623.